The molecule has 0 aromatic carbocycles. The standard InChI is InChI=1S/C8H17NO2.ClH/c10-3-1-7-5-9-6-8(7)2-4-11;/h7-11H,1-6H2;1H. The SMILES string of the molecule is Cl.OCCC1CNCC1CCO. The molecular formula is C8H18ClNO2. The number of halogens is 1. The Bertz CT molecular complexity index is 101. The van der Waals surface area contributed by atoms with Crippen LogP contribution in [0, 0.1) is 11.8 Å². The average molecular weight is 196 g/mol. The van der Waals surface area contributed by atoms with Gasteiger partial charge in [0.25, 0.3) is 0 Å². The molecule has 1 fully saturated rings. The second-order valence-electron chi connectivity index (χ2n) is 3.20. The molecule has 0 saturated carbocycles. The molecule has 0 aromatic rings. The first-order chi connectivity index (χ1) is 5.38. The van der Waals surface area contributed by atoms with Gasteiger partial charge in [0.15, 0.2) is 0 Å². The zero-order valence-corrected chi connectivity index (χ0v) is 8.02. The third-order valence-corrected chi connectivity index (χ3v) is 2.48. The lowest BCUT2D eigenvalue weighted by Gasteiger charge is -2.15. The Labute approximate surface area is 79.6 Å². The minimum atomic E-state index is 0. The molecule has 0 spiro atoms. The second-order valence-corrected chi connectivity index (χ2v) is 3.20. The maximum atomic E-state index is 8.72. The summed E-state index contributed by atoms with van der Waals surface area (Å²) >= 11 is 0. The van der Waals surface area contributed by atoms with E-state index in [1.807, 2.05) is 0 Å². The highest BCUT2D eigenvalue weighted by Gasteiger charge is 2.25. The third-order valence-electron chi connectivity index (χ3n) is 2.48. The Morgan fingerprint density at radius 1 is 1.00 bits per heavy atom. The highest BCUT2D eigenvalue weighted by atomic mass is 35.5. The van der Waals surface area contributed by atoms with Gasteiger partial charge in [-0.05, 0) is 37.8 Å². The van der Waals surface area contributed by atoms with Crippen molar-refractivity contribution in [1.29, 1.82) is 0 Å². The van der Waals surface area contributed by atoms with Crippen molar-refractivity contribution in [3.8, 4) is 0 Å². The monoisotopic (exact) mass is 195 g/mol. The van der Waals surface area contributed by atoms with Crippen molar-refractivity contribution in [1.82, 2.24) is 5.32 Å². The smallest absolute Gasteiger partial charge is 0.0434 e. The molecule has 0 radical (unpaired) electrons. The number of hydrogen-bond acceptors (Lipinski definition) is 3. The van der Waals surface area contributed by atoms with Crippen LogP contribution in [0.5, 0.6) is 0 Å². The fourth-order valence-electron chi connectivity index (χ4n) is 1.79. The summed E-state index contributed by atoms with van der Waals surface area (Å²) in [6.07, 6.45) is 1.75. The van der Waals surface area contributed by atoms with E-state index in [1.165, 1.54) is 0 Å². The zero-order chi connectivity index (χ0) is 8.10. The zero-order valence-electron chi connectivity index (χ0n) is 7.20. The average Bonchev–Trinajstić information content (AvgIpc) is 2.39. The highest BCUT2D eigenvalue weighted by Crippen LogP contribution is 2.22. The molecule has 0 aliphatic carbocycles. The molecule has 4 heteroatoms. The topological polar surface area (TPSA) is 52.5 Å². The van der Waals surface area contributed by atoms with E-state index in [1.54, 1.807) is 0 Å². The van der Waals surface area contributed by atoms with Crippen molar-refractivity contribution < 1.29 is 10.2 Å². The Morgan fingerprint density at radius 3 is 1.75 bits per heavy atom. The summed E-state index contributed by atoms with van der Waals surface area (Å²) in [4.78, 5) is 0. The van der Waals surface area contributed by atoms with Crippen LogP contribution in [0.2, 0.25) is 0 Å². The lowest BCUT2D eigenvalue weighted by molar-refractivity contribution is 0.210. The van der Waals surface area contributed by atoms with Gasteiger partial charge in [-0.15, -0.1) is 12.4 Å². The molecule has 3 nitrogen and oxygen atoms in total. The van der Waals surface area contributed by atoms with Crippen LogP contribution in [0.4, 0.5) is 0 Å². The maximum absolute atomic E-state index is 8.72. The van der Waals surface area contributed by atoms with Gasteiger partial charge in [0.2, 0.25) is 0 Å². The van der Waals surface area contributed by atoms with Crippen molar-refractivity contribution in [2.45, 2.75) is 12.8 Å². The van der Waals surface area contributed by atoms with Gasteiger partial charge in [-0.3, -0.25) is 0 Å². The summed E-state index contributed by atoms with van der Waals surface area (Å²) < 4.78 is 0. The summed E-state index contributed by atoms with van der Waals surface area (Å²) in [5, 5.41) is 20.7. The Hall–Kier alpha value is 0.170. The molecule has 0 aromatic heterocycles. The van der Waals surface area contributed by atoms with Crippen LogP contribution < -0.4 is 5.32 Å². The molecule has 12 heavy (non-hydrogen) atoms. The van der Waals surface area contributed by atoms with Gasteiger partial charge in [0.1, 0.15) is 0 Å². The van der Waals surface area contributed by atoms with Crippen LogP contribution >= 0.6 is 12.4 Å². The Morgan fingerprint density at radius 2 is 1.42 bits per heavy atom. The fraction of sp³-hybridized carbons (Fsp3) is 1.00. The van der Waals surface area contributed by atoms with Gasteiger partial charge in [-0.25, -0.2) is 0 Å². The summed E-state index contributed by atoms with van der Waals surface area (Å²) in [6, 6.07) is 0. The first-order valence-corrected chi connectivity index (χ1v) is 4.31. The van der Waals surface area contributed by atoms with Crippen LogP contribution in [0.25, 0.3) is 0 Å². The van der Waals surface area contributed by atoms with Crippen LogP contribution in [0.3, 0.4) is 0 Å². The third kappa shape index (κ3) is 3.27. The summed E-state index contributed by atoms with van der Waals surface area (Å²) in [6.45, 7) is 2.55. The molecule has 0 bridgehead atoms. The van der Waals surface area contributed by atoms with E-state index in [-0.39, 0.29) is 25.6 Å². The van der Waals surface area contributed by atoms with Crippen LogP contribution in [0.15, 0.2) is 0 Å². The van der Waals surface area contributed by atoms with Crippen molar-refractivity contribution in [3.63, 3.8) is 0 Å². The maximum Gasteiger partial charge on any atom is 0.0434 e. The summed E-state index contributed by atoms with van der Waals surface area (Å²) in [7, 11) is 0. The van der Waals surface area contributed by atoms with E-state index in [0.29, 0.717) is 11.8 Å². The molecule has 74 valence electrons. The minimum Gasteiger partial charge on any atom is -0.396 e. The van der Waals surface area contributed by atoms with Gasteiger partial charge < -0.3 is 15.5 Å². The predicted molar refractivity (Wildman–Crippen MR) is 50.5 cm³/mol. The number of hydrogen-bond donors (Lipinski definition) is 3. The molecular weight excluding hydrogens is 178 g/mol. The first kappa shape index (κ1) is 12.2. The van der Waals surface area contributed by atoms with Gasteiger partial charge in [0.05, 0.1) is 0 Å². The molecule has 0 amide bonds. The van der Waals surface area contributed by atoms with E-state index in [0.717, 1.165) is 25.9 Å². The number of aliphatic hydroxyl groups excluding tert-OH is 2. The predicted octanol–water partition coefficient (Wildman–Crippen LogP) is 0.00860. The minimum absolute atomic E-state index is 0. The number of rotatable bonds is 4. The van der Waals surface area contributed by atoms with Crippen LogP contribution in [-0.4, -0.2) is 36.5 Å². The molecule has 1 rings (SSSR count). The van der Waals surface area contributed by atoms with Crippen molar-refractivity contribution in [3.05, 3.63) is 0 Å². The van der Waals surface area contributed by atoms with Gasteiger partial charge in [-0.1, -0.05) is 0 Å². The van der Waals surface area contributed by atoms with E-state index in [9.17, 15) is 0 Å². The largest absolute Gasteiger partial charge is 0.396 e. The van der Waals surface area contributed by atoms with E-state index < -0.39 is 0 Å². The first-order valence-electron chi connectivity index (χ1n) is 4.31. The van der Waals surface area contributed by atoms with Crippen LogP contribution in [-0.2, 0) is 0 Å². The lowest BCUT2D eigenvalue weighted by Crippen LogP contribution is -2.15. The molecule has 1 saturated heterocycles. The van der Waals surface area contributed by atoms with E-state index >= 15 is 0 Å². The van der Waals surface area contributed by atoms with Crippen molar-refractivity contribution >= 4 is 12.4 Å². The Kier molecular flexibility index (Phi) is 6.76. The molecule has 2 unspecified atom stereocenters. The highest BCUT2D eigenvalue weighted by molar-refractivity contribution is 5.85. The van der Waals surface area contributed by atoms with Crippen molar-refractivity contribution in [2.75, 3.05) is 26.3 Å². The summed E-state index contributed by atoms with van der Waals surface area (Å²) in [5.41, 5.74) is 0. The Balaban J connectivity index is 0.00000121. The molecule has 1 aliphatic heterocycles. The van der Waals surface area contributed by atoms with Gasteiger partial charge >= 0.3 is 0 Å². The quantitative estimate of drug-likeness (QED) is 0.593. The normalized spacial score (nSPS) is 28.5. The van der Waals surface area contributed by atoms with Gasteiger partial charge in [0, 0.05) is 13.2 Å². The number of aliphatic hydroxyl groups is 2. The second kappa shape index (κ2) is 6.66. The van der Waals surface area contributed by atoms with E-state index in [4.69, 9.17) is 10.2 Å². The lowest BCUT2D eigenvalue weighted by atomic mass is 9.91. The fourth-order valence-corrected chi connectivity index (χ4v) is 1.79. The number of nitrogens with one attached hydrogen (secondary N) is 1. The van der Waals surface area contributed by atoms with Crippen molar-refractivity contribution in [2.24, 2.45) is 11.8 Å². The van der Waals surface area contributed by atoms with E-state index in [2.05, 4.69) is 5.32 Å². The molecule has 1 aliphatic rings. The molecule has 2 atom stereocenters. The molecule has 3 N–H and O–H groups in total. The molecule has 1 heterocycles. The van der Waals surface area contributed by atoms with Gasteiger partial charge in [-0.2, -0.15) is 0 Å². The summed E-state index contributed by atoms with van der Waals surface area (Å²) in [5.74, 6) is 1.15. The van der Waals surface area contributed by atoms with Crippen LogP contribution in [0.1, 0.15) is 12.8 Å².